The van der Waals surface area contributed by atoms with Gasteiger partial charge in [-0.1, -0.05) is 48.5 Å². The van der Waals surface area contributed by atoms with Gasteiger partial charge in [0, 0.05) is 17.1 Å². The molecule has 0 amide bonds. The van der Waals surface area contributed by atoms with Crippen LogP contribution < -0.4 is 10.1 Å². The van der Waals surface area contributed by atoms with E-state index in [-0.39, 0.29) is 11.6 Å². The predicted octanol–water partition coefficient (Wildman–Crippen LogP) is 6.30. The number of anilines is 1. The molecule has 3 aromatic carbocycles. The summed E-state index contributed by atoms with van der Waals surface area (Å²) in [5, 5.41) is 13.9. The molecular weight excluding hydrogens is 400 g/mol. The lowest BCUT2D eigenvalue weighted by Crippen LogP contribution is -2.11. The number of pyridine rings is 1. The number of fused-ring (bicyclic) bond motifs is 1. The first-order valence-electron chi connectivity index (χ1n) is 10.6. The Morgan fingerprint density at radius 1 is 1.03 bits per heavy atom. The summed E-state index contributed by atoms with van der Waals surface area (Å²) in [6, 6.07) is 23.1. The highest BCUT2D eigenvalue weighted by molar-refractivity contribution is 5.94. The molecule has 0 aliphatic heterocycles. The first kappa shape index (κ1) is 21.4. The number of aryl methyl sites for hydroxylation is 2. The van der Waals surface area contributed by atoms with Crippen LogP contribution in [0.1, 0.15) is 45.7 Å². The third-order valence-corrected chi connectivity index (χ3v) is 5.49. The zero-order chi connectivity index (χ0) is 22.7. The molecule has 2 N–H and O–H groups in total. The summed E-state index contributed by atoms with van der Waals surface area (Å²) in [6.07, 6.45) is 0. The molecule has 0 spiro atoms. The maximum atomic E-state index is 11.6. The highest BCUT2D eigenvalue weighted by atomic mass is 16.5. The number of rotatable bonds is 7. The summed E-state index contributed by atoms with van der Waals surface area (Å²) in [5.74, 6) is -0.215. The number of benzene rings is 3. The quantitative estimate of drug-likeness (QED) is 0.363. The van der Waals surface area contributed by atoms with Crippen molar-refractivity contribution in [2.24, 2.45) is 0 Å². The van der Waals surface area contributed by atoms with E-state index in [9.17, 15) is 9.90 Å². The highest BCUT2D eigenvalue weighted by Gasteiger charge is 2.16. The van der Waals surface area contributed by atoms with Gasteiger partial charge in [0.25, 0.3) is 0 Å². The molecule has 0 fully saturated rings. The van der Waals surface area contributed by atoms with Crippen molar-refractivity contribution in [1.82, 2.24) is 4.98 Å². The van der Waals surface area contributed by atoms with Gasteiger partial charge in [0.2, 0.25) is 0 Å². The Balaban J connectivity index is 1.69. The normalized spacial score (nSPS) is 11.8. The number of aromatic carboxylic acids is 1. The molecule has 162 valence electrons. The number of hydrogen-bond donors (Lipinski definition) is 2. The Hall–Kier alpha value is -3.86. The van der Waals surface area contributed by atoms with Crippen molar-refractivity contribution in [3.63, 3.8) is 0 Å². The molecule has 4 rings (SSSR count). The monoisotopic (exact) mass is 426 g/mol. The fourth-order valence-electron chi connectivity index (χ4n) is 3.87. The fraction of sp³-hybridized carbons (Fsp3) is 0.185. The maximum Gasteiger partial charge on any atom is 0.337 e. The second-order valence-corrected chi connectivity index (χ2v) is 7.98. The molecule has 0 unspecified atom stereocenters. The number of carboxylic acid groups (broad SMARTS) is 1. The van der Waals surface area contributed by atoms with Gasteiger partial charge in [-0.3, -0.25) is 0 Å². The molecule has 5 heteroatoms. The number of nitrogens with one attached hydrogen (secondary N) is 1. The van der Waals surface area contributed by atoms with Gasteiger partial charge in [0.15, 0.2) is 0 Å². The van der Waals surface area contributed by atoms with Crippen LogP contribution in [-0.4, -0.2) is 16.1 Å². The van der Waals surface area contributed by atoms with Crippen molar-refractivity contribution >= 4 is 22.6 Å². The second-order valence-electron chi connectivity index (χ2n) is 7.98. The third-order valence-electron chi connectivity index (χ3n) is 5.49. The van der Waals surface area contributed by atoms with E-state index in [1.807, 2.05) is 63.2 Å². The van der Waals surface area contributed by atoms with E-state index in [1.54, 1.807) is 18.2 Å². The molecule has 0 aliphatic rings. The Morgan fingerprint density at radius 3 is 2.50 bits per heavy atom. The molecule has 0 saturated heterocycles. The molecule has 1 aromatic heterocycles. The average molecular weight is 427 g/mol. The number of aromatic nitrogens is 1. The number of carbonyl (C=O) groups is 1. The van der Waals surface area contributed by atoms with Gasteiger partial charge in [-0.2, -0.15) is 0 Å². The largest absolute Gasteiger partial charge is 0.487 e. The number of nitrogens with zero attached hydrogens (tertiary/aromatic N) is 1. The van der Waals surface area contributed by atoms with E-state index in [0.29, 0.717) is 12.3 Å². The van der Waals surface area contributed by atoms with E-state index >= 15 is 0 Å². The summed E-state index contributed by atoms with van der Waals surface area (Å²) < 4.78 is 6.10. The van der Waals surface area contributed by atoms with E-state index < -0.39 is 5.97 Å². The predicted molar refractivity (Wildman–Crippen MR) is 127 cm³/mol. The van der Waals surface area contributed by atoms with Crippen LogP contribution in [0.4, 0.5) is 5.69 Å². The van der Waals surface area contributed by atoms with Crippen molar-refractivity contribution in [3.8, 4) is 5.75 Å². The van der Waals surface area contributed by atoms with Crippen molar-refractivity contribution in [2.75, 3.05) is 5.32 Å². The van der Waals surface area contributed by atoms with Crippen LogP contribution in [0.15, 0.2) is 72.8 Å². The van der Waals surface area contributed by atoms with Crippen molar-refractivity contribution < 1.29 is 14.6 Å². The molecule has 4 aromatic rings. The van der Waals surface area contributed by atoms with E-state index in [0.717, 1.165) is 39.0 Å². The number of carboxylic acids is 1. The van der Waals surface area contributed by atoms with Gasteiger partial charge in [-0.25, -0.2) is 9.78 Å². The minimum absolute atomic E-state index is 0.135. The summed E-state index contributed by atoms with van der Waals surface area (Å²) in [5.41, 5.74) is 5.79. The van der Waals surface area contributed by atoms with Crippen molar-refractivity contribution in [1.29, 1.82) is 0 Å². The number of hydrogen-bond acceptors (Lipinski definition) is 4. The minimum atomic E-state index is -0.955. The SMILES string of the molecule is Cc1cc([C@@H](C)Nc2ccccc2C(=O)O)c2cc(OCc3ccccc3)c(C)nc2c1. The first-order valence-corrected chi connectivity index (χ1v) is 10.6. The summed E-state index contributed by atoms with van der Waals surface area (Å²) in [4.78, 5) is 16.4. The van der Waals surface area contributed by atoms with Gasteiger partial charge >= 0.3 is 5.97 Å². The number of ether oxygens (including phenoxy) is 1. The lowest BCUT2D eigenvalue weighted by Gasteiger charge is -2.20. The minimum Gasteiger partial charge on any atom is -0.487 e. The van der Waals surface area contributed by atoms with Crippen LogP contribution >= 0.6 is 0 Å². The average Bonchev–Trinajstić information content (AvgIpc) is 2.78. The molecule has 32 heavy (non-hydrogen) atoms. The zero-order valence-electron chi connectivity index (χ0n) is 18.4. The van der Waals surface area contributed by atoms with E-state index in [2.05, 4.69) is 17.4 Å². The first-order chi connectivity index (χ1) is 15.4. The Bertz CT molecular complexity index is 1270. The molecule has 1 atom stereocenters. The smallest absolute Gasteiger partial charge is 0.337 e. The van der Waals surface area contributed by atoms with Crippen LogP contribution in [0.2, 0.25) is 0 Å². The van der Waals surface area contributed by atoms with Gasteiger partial charge in [0.1, 0.15) is 12.4 Å². The maximum absolute atomic E-state index is 11.6. The Kier molecular flexibility index (Phi) is 6.08. The van der Waals surface area contributed by atoms with Crippen LogP contribution in [-0.2, 0) is 6.61 Å². The molecule has 0 saturated carbocycles. The zero-order valence-corrected chi connectivity index (χ0v) is 18.4. The third kappa shape index (κ3) is 4.57. The molecule has 0 aliphatic carbocycles. The molecular formula is C27H26N2O3. The van der Waals surface area contributed by atoms with Crippen LogP contribution in [0.5, 0.6) is 5.75 Å². The van der Waals surface area contributed by atoms with Crippen molar-refractivity contribution in [3.05, 3.63) is 101 Å². The summed E-state index contributed by atoms with van der Waals surface area (Å²) in [7, 11) is 0. The summed E-state index contributed by atoms with van der Waals surface area (Å²) in [6.45, 7) is 6.48. The lowest BCUT2D eigenvalue weighted by atomic mass is 9.98. The summed E-state index contributed by atoms with van der Waals surface area (Å²) >= 11 is 0. The van der Waals surface area contributed by atoms with Crippen molar-refractivity contribution in [2.45, 2.75) is 33.4 Å². The van der Waals surface area contributed by atoms with Crippen LogP contribution in [0.25, 0.3) is 10.9 Å². The van der Waals surface area contributed by atoms with E-state index in [4.69, 9.17) is 9.72 Å². The molecule has 0 radical (unpaired) electrons. The Morgan fingerprint density at radius 2 is 1.75 bits per heavy atom. The van der Waals surface area contributed by atoms with Gasteiger partial charge < -0.3 is 15.2 Å². The lowest BCUT2D eigenvalue weighted by molar-refractivity contribution is 0.0698. The van der Waals surface area contributed by atoms with Crippen LogP contribution in [0.3, 0.4) is 0 Å². The standard InChI is InChI=1S/C27H26N2O3/c1-17-13-22(18(2)28-24-12-8-7-11-21(24)27(30)31)23-15-26(19(3)29-25(23)14-17)32-16-20-9-5-4-6-10-20/h4-15,18,28H,16H2,1-3H3,(H,30,31)/t18-/m1/s1. The molecule has 5 nitrogen and oxygen atoms in total. The topological polar surface area (TPSA) is 71.5 Å². The molecule has 1 heterocycles. The van der Waals surface area contributed by atoms with Gasteiger partial charge in [0.05, 0.1) is 16.8 Å². The Labute approximate surface area is 187 Å². The second kappa shape index (κ2) is 9.10. The molecule has 0 bridgehead atoms. The number of para-hydroxylation sites is 1. The highest BCUT2D eigenvalue weighted by Crippen LogP contribution is 2.32. The van der Waals surface area contributed by atoms with Crippen LogP contribution in [0, 0.1) is 13.8 Å². The van der Waals surface area contributed by atoms with Gasteiger partial charge in [-0.15, -0.1) is 0 Å². The van der Waals surface area contributed by atoms with Gasteiger partial charge in [-0.05, 0) is 61.7 Å². The van der Waals surface area contributed by atoms with E-state index in [1.165, 1.54) is 0 Å². The fourth-order valence-corrected chi connectivity index (χ4v) is 3.87.